The zero-order valence-corrected chi connectivity index (χ0v) is 16.2. The topological polar surface area (TPSA) is 76.0 Å². The van der Waals surface area contributed by atoms with E-state index in [1.54, 1.807) is 12.1 Å². The largest absolute Gasteiger partial charge is 0.491 e. The number of carboxylic acids is 1. The number of hydrogen-bond donors (Lipinski definition) is 2. The Morgan fingerprint density at radius 1 is 1.17 bits per heavy atom. The molecule has 2 aromatic carbocycles. The van der Waals surface area contributed by atoms with Crippen LogP contribution >= 0.6 is 0 Å². The van der Waals surface area contributed by atoms with Crippen molar-refractivity contribution >= 4 is 5.97 Å². The fourth-order valence-corrected chi connectivity index (χ4v) is 4.36. The number of carbonyl (C=O) groups is 1. The number of aromatic carboxylic acids is 1. The van der Waals surface area contributed by atoms with Crippen molar-refractivity contribution in [2.45, 2.75) is 37.9 Å². The van der Waals surface area contributed by atoms with Crippen LogP contribution in [0.3, 0.4) is 0 Å². The quantitative estimate of drug-likeness (QED) is 0.722. The number of ether oxygens (including phenoxy) is 2. The smallest absolute Gasteiger partial charge is 0.335 e. The maximum atomic E-state index is 11.2. The first kappa shape index (κ1) is 19.5. The number of carboxylic acid groups (broad SMARTS) is 1. The van der Waals surface area contributed by atoms with Gasteiger partial charge in [-0.3, -0.25) is 0 Å². The molecule has 0 bridgehead atoms. The van der Waals surface area contributed by atoms with Crippen LogP contribution in [0.15, 0.2) is 60.7 Å². The van der Waals surface area contributed by atoms with Crippen LogP contribution in [0.4, 0.5) is 0 Å². The molecule has 0 aromatic heterocycles. The molecule has 0 amide bonds. The van der Waals surface area contributed by atoms with E-state index in [1.807, 2.05) is 42.5 Å². The summed E-state index contributed by atoms with van der Waals surface area (Å²) in [5.41, 5.74) is 1.33. The molecule has 1 fully saturated rings. The molecule has 2 N–H and O–H groups in total. The van der Waals surface area contributed by atoms with Crippen LogP contribution in [0, 0.1) is 11.8 Å². The van der Waals surface area contributed by atoms with Crippen LogP contribution in [0.2, 0.25) is 0 Å². The molecular formula is C24H26O5. The van der Waals surface area contributed by atoms with Crippen molar-refractivity contribution in [2.75, 3.05) is 6.61 Å². The van der Waals surface area contributed by atoms with Gasteiger partial charge in [-0.1, -0.05) is 36.4 Å². The molecule has 4 atom stereocenters. The summed E-state index contributed by atoms with van der Waals surface area (Å²) in [6, 6.07) is 14.6. The summed E-state index contributed by atoms with van der Waals surface area (Å²) in [4.78, 5) is 11.2. The summed E-state index contributed by atoms with van der Waals surface area (Å²) in [6.45, 7) is 0.223. The van der Waals surface area contributed by atoms with Gasteiger partial charge >= 0.3 is 5.97 Å². The number of rotatable bonds is 6. The Balaban J connectivity index is 1.36. The van der Waals surface area contributed by atoms with Gasteiger partial charge in [-0.15, -0.1) is 0 Å². The highest BCUT2D eigenvalue weighted by molar-refractivity contribution is 5.88. The summed E-state index contributed by atoms with van der Waals surface area (Å²) in [6.07, 6.45) is 7.18. The van der Waals surface area contributed by atoms with E-state index >= 15 is 0 Å². The zero-order chi connectivity index (χ0) is 20.2. The third-order valence-corrected chi connectivity index (χ3v) is 5.90. The zero-order valence-electron chi connectivity index (χ0n) is 16.2. The molecule has 0 saturated heterocycles. The van der Waals surface area contributed by atoms with Gasteiger partial charge in [0.25, 0.3) is 0 Å². The highest BCUT2D eigenvalue weighted by Crippen LogP contribution is 2.42. The highest BCUT2D eigenvalue weighted by atomic mass is 16.5. The number of aliphatic hydroxyl groups is 1. The second kappa shape index (κ2) is 8.70. The monoisotopic (exact) mass is 394 g/mol. The lowest BCUT2D eigenvalue weighted by atomic mass is 9.89. The number of allylic oxidation sites excluding steroid dienone is 1. The lowest BCUT2D eigenvalue weighted by molar-refractivity contribution is 0.0695. The van der Waals surface area contributed by atoms with Gasteiger partial charge < -0.3 is 19.7 Å². The molecule has 5 nitrogen and oxygen atoms in total. The van der Waals surface area contributed by atoms with Gasteiger partial charge in [0.1, 0.15) is 30.3 Å². The molecule has 152 valence electrons. The predicted molar refractivity (Wildman–Crippen MR) is 109 cm³/mol. The van der Waals surface area contributed by atoms with E-state index < -0.39 is 12.1 Å². The SMILES string of the molecule is O=C(O)c1ccc2c(c1)O[C@H]1CC[C@H](/C=C/C(O)COc3ccccc3)[C@H]1CC2. The van der Waals surface area contributed by atoms with Crippen molar-refractivity contribution in [3.8, 4) is 11.5 Å². The van der Waals surface area contributed by atoms with Gasteiger partial charge in [0.05, 0.1) is 5.56 Å². The molecule has 29 heavy (non-hydrogen) atoms. The third kappa shape index (κ3) is 4.62. The Labute approximate surface area is 170 Å². The van der Waals surface area contributed by atoms with Crippen LogP contribution in [0.25, 0.3) is 0 Å². The molecule has 1 unspecified atom stereocenters. The van der Waals surface area contributed by atoms with E-state index in [4.69, 9.17) is 9.47 Å². The number of aryl methyl sites for hydroxylation is 1. The summed E-state index contributed by atoms with van der Waals surface area (Å²) >= 11 is 0. The first-order valence-electron chi connectivity index (χ1n) is 10.2. The van der Waals surface area contributed by atoms with Crippen LogP contribution in [-0.2, 0) is 6.42 Å². The number of hydrogen-bond acceptors (Lipinski definition) is 4. The standard InChI is InChI=1S/C24H26O5/c25-19(15-28-20-4-2-1-3-5-20)11-8-16-10-13-22-21(16)12-9-17-6-7-18(24(26)27)14-23(17)29-22/h1-8,11,14,16,19,21-22,25H,9-10,12-13,15H2,(H,26,27)/b11-8+/t16-,19?,21+,22-/m0/s1. The molecule has 1 aliphatic heterocycles. The normalized spacial score (nSPS) is 24.2. The Morgan fingerprint density at radius 3 is 2.79 bits per heavy atom. The average Bonchev–Trinajstić information content (AvgIpc) is 3.01. The summed E-state index contributed by atoms with van der Waals surface area (Å²) < 4.78 is 11.8. The lowest BCUT2D eigenvalue weighted by Crippen LogP contribution is -2.23. The van der Waals surface area contributed by atoms with E-state index in [0.29, 0.717) is 17.6 Å². The maximum Gasteiger partial charge on any atom is 0.335 e. The van der Waals surface area contributed by atoms with E-state index in [2.05, 4.69) is 6.08 Å². The van der Waals surface area contributed by atoms with Crippen molar-refractivity contribution in [1.82, 2.24) is 0 Å². The lowest BCUT2D eigenvalue weighted by Gasteiger charge is -2.21. The van der Waals surface area contributed by atoms with Crippen LogP contribution in [0.1, 0.15) is 35.2 Å². The molecule has 1 saturated carbocycles. The fraction of sp³-hybridized carbons (Fsp3) is 0.375. The summed E-state index contributed by atoms with van der Waals surface area (Å²) in [5.74, 6) is 1.24. The molecule has 5 heteroatoms. The highest BCUT2D eigenvalue weighted by Gasteiger charge is 2.38. The van der Waals surface area contributed by atoms with Gasteiger partial charge in [-0.2, -0.15) is 0 Å². The van der Waals surface area contributed by atoms with Crippen molar-refractivity contribution in [3.05, 3.63) is 71.8 Å². The first-order valence-corrected chi connectivity index (χ1v) is 10.2. The molecule has 1 heterocycles. The molecule has 4 rings (SSSR count). The minimum atomic E-state index is -0.934. The Morgan fingerprint density at radius 2 is 2.00 bits per heavy atom. The molecule has 0 spiro atoms. The molecular weight excluding hydrogens is 368 g/mol. The van der Waals surface area contributed by atoms with Gasteiger partial charge in [-0.05, 0) is 61.4 Å². The number of benzene rings is 2. The van der Waals surface area contributed by atoms with E-state index in [0.717, 1.165) is 37.0 Å². The average molecular weight is 394 g/mol. The van der Waals surface area contributed by atoms with Crippen LogP contribution in [0.5, 0.6) is 11.5 Å². The summed E-state index contributed by atoms with van der Waals surface area (Å²) in [5, 5.41) is 19.5. The van der Waals surface area contributed by atoms with Crippen molar-refractivity contribution < 1.29 is 24.5 Å². The fourth-order valence-electron chi connectivity index (χ4n) is 4.36. The Hall–Kier alpha value is -2.79. The van der Waals surface area contributed by atoms with Gasteiger partial charge in [-0.25, -0.2) is 4.79 Å². The van der Waals surface area contributed by atoms with Gasteiger partial charge in [0.15, 0.2) is 0 Å². The first-order chi connectivity index (χ1) is 14.1. The Kier molecular flexibility index (Phi) is 5.86. The van der Waals surface area contributed by atoms with E-state index in [-0.39, 0.29) is 18.3 Å². The molecule has 2 aromatic rings. The van der Waals surface area contributed by atoms with Crippen LogP contribution < -0.4 is 9.47 Å². The number of aliphatic hydroxyl groups excluding tert-OH is 1. The van der Waals surface area contributed by atoms with Crippen molar-refractivity contribution in [1.29, 1.82) is 0 Å². The van der Waals surface area contributed by atoms with E-state index in [1.165, 1.54) is 0 Å². The second-order valence-electron chi connectivity index (χ2n) is 7.80. The minimum Gasteiger partial charge on any atom is -0.491 e. The molecule has 2 aliphatic rings. The maximum absolute atomic E-state index is 11.2. The van der Waals surface area contributed by atoms with E-state index in [9.17, 15) is 15.0 Å². The predicted octanol–water partition coefficient (Wildman–Crippen LogP) is 4.10. The van der Waals surface area contributed by atoms with Crippen molar-refractivity contribution in [3.63, 3.8) is 0 Å². The van der Waals surface area contributed by atoms with Crippen molar-refractivity contribution in [2.24, 2.45) is 11.8 Å². The van der Waals surface area contributed by atoms with Gasteiger partial charge in [0.2, 0.25) is 0 Å². The number of para-hydroxylation sites is 1. The molecule has 0 radical (unpaired) electrons. The molecule has 1 aliphatic carbocycles. The second-order valence-corrected chi connectivity index (χ2v) is 7.80. The van der Waals surface area contributed by atoms with Crippen LogP contribution in [-0.4, -0.2) is 35.0 Å². The van der Waals surface area contributed by atoms with Gasteiger partial charge in [0, 0.05) is 5.92 Å². The Bertz CT molecular complexity index is 876. The summed E-state index contributed by atoms with van der Waals surface area (Å²) in [7, 11) is 0. The number of fused-ring (bicyclic) bond motifs is 2. The minimum absolute atomic E-state index is 0.0904. The third-order valence-electron chi connectivity index (χ3n) is 5.90.